The average Bonchev–Trinajstić information content (AvgIpc) is 3.06. The van der Waals surface area contributed by atoms with Crippen LogP contribution < -0.4 is 10.1 Å². The number of fused-ring (bicyclic) bond motifs is 3. The number of ether oxygens (including phenoxy) is 2. The van der Waals surface area contributed by atoms with Crippen LogP contribution in [0.2, 0.25) is 0 Å². The first kappa shape index (κ1) is 19.7. The van der Waals surface area contributed by atoms with Gasteiger partial charge in [0.2, 0.25) is 0 Å². The summed E-state index contributed by atoms with van der Waals surface area (Å²) in [5.74, 6) is 1.83. The van der Waals surface area contributed by atoms with Gasteiger partial charge in [-0.25, -0.2) is 0 Å². The molecule has 0 radical (unpaired) electrons. The van der Waals surface area contributed by atoms with Crippen molar-refractivity contribution in [1.82, 2.24) is 5.32 Å². The summed E-state index contributed by atoms with van der Waals surface area (Å²) in [6.45, 7) is 9.93. The number of hydrogen-bond donors (Lipinski definition) is 1. The monoisotopic (exact) mass is 417 g/mol. The van der Waals surface area contributed by atoms with E-state index in [1.54, 1.807) is 7.11 Å². The van der Waals surface area contributed by atoms with E-state index in [1.165, 1.54) is 12.0 Å². The van der Waals surface area contributed by atoms with Gasteiger partial charge >= 0.3 is 0 Å². The summed E-state index contributed by atoms with van der Waals surface area (Å²) in [5, 5.41) is 2.93. The molecule has 158 valence electrons. The van der Waals surface area contributed by atoms with Crippen molar-refractivity contribution in [2.24, 2.45) is 22.7 Å². The molecule has 6 atom stereocenters. The highest BCUT2D eigenvalue weighted by Gasteiger charge is 2.69. The van der Waals surface area contributed by atoms with Gasteiger partial charge in [0, 0.05) is 42.5 Å². The molecule has 2 aliphatic carbocycles. The van der Waals surface area contributed by atoms with Gasteiger partial charge in [0.1, 0.15) is 11.4 Å². The number of carbonyl (C=O) groups is 1. The van der Waals surface area contributed by atoms with Crippen molar-refractivity contribution in [3.05, 3.63) is 28.8 Å². The van der Waals surface area contributed by atoms with Crippen LogP contribution in [-0.2, 0) is 17.7 Å². The molecule has 5 rings (SSSR count). The summed E-state index contributed by atoms with van der Waals surface area (Å²) >= 11 is 6.98. The lowest BCUT2D eigenvalue weighted by Gasteiger charge is -2.68. The third-order valence-corrected chi connectivity index (χ3v) is 9.95. The highest BCUT2D eigenvalue weighted by Crippen LogP contribution is 2.67. The van der Waals surface area contributed by atoms with E-state index in [9.17, 15) is 4.79 Å². The van der Waals surface area contributed by atoms with Crippen LogP contribution >= 0.6 is 11.6 Å². The van der Waals surface area contributed by atoms with E-state index in [0.29, 0.717) is 18.4 Å². The molecular formula is C24H32ClNO3. The number of alkyl halides is 1. The molecule has 29 heavy (non-hydrogen) atoms. The molecule has 1 spiro atoms. The van der Waals surface area contributed by atoms with Crippen LogP contribution in [0.5, 0.6) is 5.75 Å². The summed E-state index contributed by atoms with van der Waals surface area (Å²) in [4.78, 5) is 12.3. The summed E-state index contributed by atoms with van der Waals surface area (Å²) in [6, 6.07) is 4.09. The van der Waals surface area contributed by atoms with Crippen molar-refractivity contribution in [1.29, 1.82) is 0 Å². The number of halogens is 1. The Hall–Kier alpha value is -1.26. The normalized spacial score (nSPS) is 42.1. The number of nitrogens with one attached hydrogen (secondary N) is 1. The predicted octanol–water partition coefficient (Wildman–Crippen LogP) is 4.71. The number of hydrogen-bond acceptors (Lipinski definition) is 3. The molecule has 0 saturated heterocycles. The molecule has 2 heterocycles. The van der Waals surface area contributed by atoms with E-state index in [2.05, 4.69) is 39.1 Å². The van der Waals surface area contributed by atoms with Gasteiger partial charge in [-0.05, 0) is 42.2 Å². The molecule has 1 aromatic rings. The molecular weight excluding hydrogens is 386 g/mol. The second kappa shape index (κ2) is 6.13. The maximum absolute atomic E-state index is 12.3. The van der Waals surface area contributed by atoms with Gasteiger partial charge in [-0.15, -0.1) is 11.6 Å². The Morgan fingerprint density at radius 2 is 2.00 bits per heavy atom. The fraction of sp³-hybridized carbons (Fsp3) is 0.708. The topological polar surface area (TPSA) is 47.6 Å². The maximum Gasteiger partial charge on any atom is 0.252 e. The van der Waals surface area contributed by atoms with Crippen LogP contribution in [0.1, 0.15) is 68.4 Å². The Balaban J connectivity index is 1.72. The smallest absolute Gasteiger partial charge is 0.252 e. The third-order valence-electron chi connectivity index (χ3n) is 9.10. The molecule has 2 aliphatic heterocycles. The van der Waals surface area contributed by atoms with E-state index in [0.717, 1.165) is 36.1 Å². The molecule has 2 unspecified atom stereocenters. The summed E-state index contributed by atoms with van der Waals surface area (Å²) < 4.78 is 13.1. The van der Waals surface area contributed by atoms with Crippen molar-refractivity contribution in [2.75, 3.05) is 7.11 Å². The summed E-state index contributed by atoms with van der Waals surface area (Å²) in [6.07, 6.45) is 4.03. The minimum absolute atomic E-state index is 0.00171. The first-order valence-corrected chi connectivity index (χ1v) is 11.4. The molecule has 0 aromatic heterocycles. The van der Waals surface area contributed by atoms with Crippen molar-refractivity contribution < 1.29 is 14.3 Å². The van der Waals surface area contributed by atoms with Crippen LogP contribution in [0.4, 0.5) is 0 Å². The van der Waals surface area contributed by atoms with Crippen LogP contribution in [0.25, 0.3) is 0 Å². The minimum atomic E-state index is -0.339. The van der Waals surface area contributed by atoms with Gasteiger partial charge in [-0.1, -0.05) is 33.8 Å². The quantitative estimate of drug-likeness (QED) is 0.673. The molecule has 2 saturated carbocycles. The van der Waals surface area contributed by atoms with E-state index in [4.69, 9.17) is 21.1 Å². The molecule has 4 aliphatic rings. The molecule has 1 N–H and O–H groups in total. The third kappa shape index (κ3) is 2.33. The minimum Gasteiger partial charge on any atom is -0.486 e. The van der Waals surface area contributed by atoms with E-state index in [-0.39, 0.29) is 33.8 Å². The fourth-order valence-electron chi connectivity index (χ4n) is 7.13. The molecule has 5 heteroatoms. The second-order valence-corrected chi connectivity index (χ2v) is 11.1. The Kier molecular flexibility index (Phi) is 4.16. The largest absolute Gasteiger partial charge is 0.486 e. The van der Waals surface area contributed by atoms with E-state index >= 15 is 0 Å². The molecule has 1 amide bonds. The van der Waals surface area contributed by atoms with Crippen molar-refractivity contribution >= 4 is 17.5 Å². The van der Waals surface area contributed by atoms with Gasteiger partial charge in [-0.3, -0.25) is 4.79 Å². The highest BCUT2D eigenvalue weighted by atomic mass is 35.5. The van der Waals surface area contributed by atoms with Crippen molar-refractivity contribution in [3.63, 3.8) is 0 Å². The van der Waals surface area contributed by atoms with Gasteiger partial charge in [-0.2, -0.15) is 0 Å². The molecule has 4 nitrogen and oxygen atoms in total. The summed E-state index contributed by atoms with van der Waals surface area (Å²) in [7, 11) is 1.77. The van der Waals surface area contributed by atoms with Crippen LogP contribution in [0.15, 0.2) is 12.1 Å². The zero-order chi connectivity index (χ0) is 20.8. The number of methoxy groups -OCH3 is 1. The first-order chi connectivity index (χ1) is 13.7. The maximum atomic E-state index is 12.3. The zero-order valence-electron chi connectivity index (χ0n) is 18.1. The van der Waals surface area contributed by atoms with Gasteiger partial charge < -0.3 is 14.8 Å². The van der Waals surface area contributed by atoms with E-state index < -0.39 is 0 Å². The molecule has 0 bridgehead atoms. The fourth-order valence-corrected chi connectivity index (χ4v) is 7.48. The highest BCUT2D eigenvalue weighted by molar-refractivity contribution is 6.21. The predicted molar refractivity (Wildman–Crippen MR) is 114 cm³/mol. The first-order valence-electron chi connectivity index (χ1n) is 10.9. The number of benzene rings is 1. The van der Waals surface area contributed by atoms with Crippen molar-refractivity contribution in [3.8, 4) is 5.75 Å². The SMILES string of the molecule is COC1C[C@@]23Oc4c(ccc5c4CNC5=O)C[C@]2(C)[C@@H](C)CC[C@H]3C(C)(C)C1Cl. The standard InChI is InChI=1S/C24H32ClNO3/c1-13-6-9-18-22(2,3)20(25)17(28-5)11-24(18)23(13,4)10-14-7-8-15-16(19(14)29-24)12-26-21(15)27/h7-8,13,17-18,20H,6,9-12H2,1-5H3,(H,26,27)/t13-,17?,18-,20?,23+,24-/m0/s1. The average molecular weight is 418 g/mol. The Bertz CT molecular complexity index is 883. The number of carbonyl (C=O) groups excluding carboxylic acids is 1. The van der Waals surface area contributed by atoms with Crippen LogP contribution in [0.3, 0.4) is 0 Å². The lowest BCUT2D eigenvalue weighted by Crippen LogP contribution is -2.72. The Morgan fingerprint density at radius 1 is 1.24 bits per heavy atom. The second-order valence-electron chi connectivity index (χ2n) is 10.6. The van der Waals surface area contributed by atoms with Crippen molar-refractivity contribution in [2.45, 2.75) is 77.0 Å². The molecule has 1 aromatic carbocycles. The van der Waals surface area contributed by atoms with Crippen LogP contribution in [-0.4, -0.2) is 30.1 Å². The number of rotatable bonds is 1. The summed E-state index contributed by atoms with van der Waals surface area (Å²) in [5.41, 5.74) is 2.58. The van der Waals surface area contributed by atoms with Gasteiger partial charge in [0.05, 0.1) is 11.5 Å². The van der Waals surface area contributed by atoms with Gasteiger partial charge in [0.25, 0.3) is 5.91 Å². The van der Waals surface area contributed by atoms with Gasteiger partial charge in [0.15, 0.2) is 0 Å². The zero-order valence-corrected chi connectivity index (χ0v) is 18.9. The number of amides is 1. The van der Waals surface area contributed by atoms with Crippen LogP contribution in [0, 0.1) is 22.7 Å². The Labute approximate surface area is 178 Å². The lowest BCUT2D eigenvalue weighted by molar-refractivity contribution is -0.231. The Morgan fingerprint density at radius 3 is 2.72 bits per heavy atom. The van der Waals surface area contributed by atoms with E-state index in [1.807, 2.05) is 6.07 Å². The molecule has 2 fully saturated rings. The lowest BCUT2D eigenvalue weighted by atomic mass is 9.43.